The Kier molecular flexibility index (Phi) is 4.38. The first-order valence-electron chi connectivity index (χ1n) is 6.93. The molecule has 0 unspecified atom stereocenters. The van der Waals surface area contributed by atoms with Gasteiger partial charge in [-0.05, 0) is 12.8 Å². The molecular weight excluding hydrogens is 261 g/mol. The van der Waals surface area contributed by atoms with E-state index in [2.05, 4.69) is 0 Å². The van der Waals surface area contributed by atoms with Crippen LogP contribution in [0.3, 0.4) is 0 Å². The van der Waals surface area contributed by atoms with Crippen LogP contribution in [0.15, 0.2) is 6.07 Å². The van der Waals surface area contributed by atoms with Crippen LogP contribution in [-0.2, 0) is 5.41 Å². The Morgan fingerprint density at radius 2 is 1.90 bits per heavy atom. The number of nitrogens with two attached hydrogens (primary N) is 1. The van der Waals surface area contributed by atoms with Crippen LogP contribution in [-0.4, -0.2) is 25.9 Å². The van der Waals surface area contributed by atoms with Gasteiger partial charge in [0.1, 0.15) is 0 Å². The second-order valence-electron chi connectivity index (χ2n) is 5.36. The molecule has 1 aromatic rings. The largest absolute Gasteiger partial charge is 0.505 e. The third-order valence-corrected chi connectivity index (χ3v) is 4.33. The number of ether oxygens (including phenoxy) is 2. The topological polar surface area (TPSA) is 64.7 Å². The number of hydrogen-bond donors (Lipinski definition) is 2. The lowest BCUT2D eigenvalue weighted by atomic mass is 9.68. The molecule has 1 aromatic carbocycles. The molecule has 0 amide bonds. The van der Waals surface area contributed by atoms with Crippen molar-refractivity contribution < 1.29 is 19.0 Å². The molecule has 1 saturated carbocycles. The zero-order valence-electron chi connectivity index (χ0n) is 12.0. The number of hydrogen-bond acceptors (Lipinski definition) is 4. The molecule has 0 aromatic heterocycles. The Hall–Kier alpha value is -1.49. The summed E-state index contributed by atoms with van der Waals surface area (Å²) < 4.78 is 24.5. The lowest BCUT2D eigenvalue weighted by Crippen LogP contribution is -2.37. The van der Waals surface area contributed by atoms with Crippen LogP contribution >= 0.6 is 0 Å². The molecular formula is C15H22FNO3. The first-order valence-corrected chi connectivity index (χ1v) is 6.93. The third kappa shape index (κ3) is 2.30. The summed E-state index contributed by atoms with van der Waals surface area (Å²) in [7, 11) is 2.94. The maximum absolute atomic E-state index is 14.0. The van der Waals surface area contributed by atoms with Gasteiger partial charge >= 0.3 is 0 Å². The van der Waals surface area contributed by atoms with Gasteiger partial charge in [-0.3, -0.25) is 0 Å². The summed E-state index contributed by atoms with van der Waals surface area (Å²) >= 11 is 0. The number of phenolic OH excluding ortho intramolecular Hbond substituents is 1. The first-order chi connectivity index (χ1) is 9.59. The van der Waals surface area contributed by atoms with Crippen LogP contribution < -0.4 is 15.2 Å². The van der Waals surface area contributed by atoms with E-state index in [1.165, 1.54) is 14.2 Å². The van der Waals surface area contributed by atoms with E-state index >= 15 is 0 Å². The van der Waals surface area contributed by atoms with Gasteiger partial charge in [-0.15, -0.1) is 0 Å². The van der Waals surface area contributed by atoms with E-state index in [0.29, 0.717) is 17.9 Å². The van der Waals surface area contributed by atoms with Gasteiger partial charge in [0.15, 0.2) is 23.1 Å². The monoisotopic (exact) mass is 283 g/mol. The maximum atomic E-state index is 14.0. The minimum atomic E-state index is -0.698. The molecule has 0 bridgehead atoms. The van der Waals surface area contributed by atoms with E-state index in [1.54, 1.807) is 0 Å². The number of benzene rings is 1. The highest BCUT2D eigenvalue weighted by Gasteiger charge is 2.39. The number of methoxy groups -OCH3 is 2. The van der Waals surface area contributed by atoms with Crippen LogP contribution in [0.1, 0.15) is 37.7 Å². The Balaban J connectivity index is 2.66. The minimum absolute atomic E-state index is 0.288. The predicted octanol–water partition coefficient (Wildman–Crippen LogP) is 2.71. The summed E-state index contributed by atoms with van der Waals surface area (Å²) in [6.45, 7) is 0.351. The molecule has 0 atom stereocenters. The Morgan fingerprint density at radius 3 is 2.40 bits per heavy atom. The third-order valence-electron chi connectivity index (χ3n) is 4.33. The van der Waals surface area contributed by atoms with E-state index < -0.39 is 11.2 Å². The van der Waals surface area contributed by atoms with Crippen molar-refractivity contribution in [3.8, 4) is 17.2 Å². The number of rotatable bonds is 4. The Labute approximate surface area is 118 Å². The fourth-order valence-electron chi connectivity index (χ4n) is 3.23. The minimum Gasteiger partial charge on any atom is -0.505 e. The molecule has 0 heterocycles. The van der Waals surface area contributed by atoms with E-state index in [4.69, 9.17) is 15.2 Å². The fraction of sp³-hybridized carbons (Fsp3) is 0.600. The summed E-state index contributed by atoms with van der Waals surface area (Å²) in [5.41, 5.74) is 5.99. The molecule has 0 aliphatic heterocycles. The van der Waals surface area contributed by atoms with Crippen molar-refractivity contribution in [2.45, 2.75) is 37.5 Å². The van der Waals surface area contributed by atoms with Gasteiger partial charge in [-0.2, -0.15) is 0 Å². The molecule has 5 heteroatoms. The van der Waals surface area contributed by atoms with Crippen molar-refractivity contribution in [2.24, 2.45) is 5.73 Å². The van der Waals surface area contributed by atoms with E-state index in [9.17, 15) is 9.50 Å². The maximum Gasteiger partial charge on any atom is 0.169 e. The average Bonchev–Trinajstić information content (AvgIpc) is 2.49. The van der Waals surface area contributed by atoms with Gasteiger partial charge < -0.3 is 20.3 Å². The molecule has 1 fully saturated rings. The van der Waals surface area contributed by atoms with Gasteiger partial charge in [0.25, 0.3) is 0 Å². The van der Waals surface area contributed by atoms with Crippen LogP contribution in [0.25, 0.3) is 0 Å². The molecule has 1 aliphatic carbocycles. The van der Waals surface area contributed by atoms with E-state index in [0.717, 1.165) is 38.2 Å². The second kappa shape index (κ2) is 5.87. The first kappa shape index (κ1) is 14.9. The van der Waals surface area contributed by atoms with Crippen LogP contribution in [0.4, 0.5) is 4.39 Å². The van der Waals surface area contributed by atoms with Crippen molar-refractivity contribution in [2.75, 3.05) is 20.8 Å². The molecule has 112 valence electrons. The summed E-state index contributed by atoms with van der Waals surface area (Å²) in [6.07, 6.45) is 4.80. The molecule has 0 radical (unpaired) electrons. The van der Waals surface area contributed by atoms with Crippen molar-refractivity contribution in [1.29, 1.82) is 0 Å². The predicted molar refractivity (Wildman–Crippen MR) is 75.0 cm³/mol. The molecule has 3 N–H and O–H groups in total. The van der Waals surface area contributed by atoms with E-state index in [1.807, 2.05) is 0 Å². The fourth-order valence-corrected chi connectivity index (χ4v) is 3.23. The molecule has 4 nitrogen and oxygen atoms in total. The Bertz CT molecular complexity index is 484. The van der Waals surface area contributed by atoms with Gasteiger partial charge in [0.2, 0.25) is 0 Å². The van der Waals surface area contributed by atoms with Crippen molar-refractivity contribution in [1.82, 2.24) is 0 Å². The highest BCUT2D eigenvalue weighted by atomic mass is 19.1. The summed E-state index contributed by atoms with van der Waals surface area (Å²) in [5.74, 6) is -0.388. The zero-order valence-corrected chi connectivity index (χ0v) is 12.0. The van der Waals surface area contributed by atoms with E-state index in [-0.39, 0.29) is 11.5 Å². The standard InChI is InChI=1S/C15H22FNO3/c1-19-11-8-10(16)13(18)12(14(11)20-2)15(9-17)6-4-3-5-7-15/h8,18H,3-7,9,17H2,1-2H3. The molecule has 20 heavy (non-hydrogen) atoms. The van der Waals surface area contributed by atoms with Gasteiger partial charge in [-0.1, -0.05) is 19.3 Å². The quantitative estimate of drug-likeness (QED) is 0.891. The van der Waals surface area contributed by atoms with Crippen LogP contribution in [0, 0.1) is 5.82 Å². The molecule has 2 rings (SSSR count). The van der Waals surface area contributed by atoms with Gasteiger partial charge in [-0.25, -0.2) is 4.39 Å². The zero-order chi connectivity index (χ0) is 14.8. The van der Waals surface area contributed by atoms with Crippen molar-refractivity contribution in [3.63, 3.8) is 0 Å². The highest BCUT2D eigenvalue weighted by Crippen LogP contribution is 2.50. The second-order valence-corrected chi connectivity index (χ2v) is 5.36. The number of phenols is 1. The Morgan fingerprint density at radius 1 is 1.25 bits per heavy atom. The smallest absolute Gasteiger partial charge is 0.169 e. The van der Waals surface area contributed by atoms with Gasteiger partial charge in [0, 0.05) is 18.0 Å². The number of aromatic hydroxyl groups is 1. The molecule has 1 aliphatic rings. The summed E-state index contributed by atoms with van der Waals surface area (Å²) in [5, 5.41) is 10.2. The molecule has 0 spiro atoms. The highest BCUT2D eigenvalue weighted by molar-refractivity contribution is 5.58. The summed E-state index contributed by atoms with van der Waals surface area (Å²) in [4.78, 5) is 0. The molecule has 0 saturated heterocycles. The number of halogens is 1. The normalized spacial score (nSPS) is 17.8. The van der Waals surface area contributed by atoms with Crippen LogP contribution in [0.2, 0.25) is 0 Å². The van der Waals surface area contributed by atoms with Gasteiger partial charge in [0.05, 0.1) is 19.8 Å². The van der Waals surface area contributed by atoms with Crippen molar-refractivity contribution in [3.05, 3.63) is 17.4 Å². The van der Waals surface area contributed by atoms with Crippen LogP contribution in [0.5, 0.6) is 17.2 Å². The average molecular weight is 283 g/mol. The lowest BCUT2D eigenvalue weighted by Gasteiger charge is -2.38. The van der Waals surface area contributed by atoms with Crippen molar-refractivity contribution >= 4 is 0 Å². The lowest BCUT2D eigenvalue weighted by molar-refractivity contribution is 0.266. The summed E-state index contributed by atoms with van der Waals surface area (Å²) in [6, 6.07) is 1.14. The SMILES string of the molecule is COc1cc(F)c(O)c(C2(CN)CCCCC2)c1OC.